The molecule has 0 bridgehead atoms. The first-order valence-electron chi connectivity index (χ1n) is 9.45. The van der Waals surface area contributed by atoms with Gasteiger partial charge in [-0.05, 0) is 61.9 Å². The molecule has 2 rings (SSSR count). The number of carbonyl (C=O) groups excluding carboxylic acids is 2. The molecule has 6 heteroatoms. The first-order chi connectivity index (χ1) is 13.4. The first kappa shape index (κ1) is 21.6. The third kappa shape index (κ3) is 6.16. The van der Waals surface area contributed by atoms with Gasteiger partial charge in [-0.3, -0.25) is 14.8 Å². The summed E-state index contributed by atoms with van der Waals surface area (Å²) in [6.07, 6.45) is 2.41. The molecule has 1 atom stereocenters. The third-order valence-electron chi connectivity index (χ3n) is 4.76. The molecule has 2 aromatic carbocycles. The molecule has 0 radical (unpaired) electrons. The van der Waals surface area contributed by atoms with E-state index in [1.807, 2.05) is 18.2 Å². The van der Waals surface area contributed by atoms with Gasteiger partial charge in [0, 0.05) is 18.0 Å². The van der Waals surface area contributed by atoms with Gasteiger partial charge in [0.2, 0.25) is 5.91 Å². The Balaban J connectivity index is 1.84. The lowest BCUT2D eigenvalue weighted by Crippen LogP contribution is -2.30. The van der Waals surface area contributed by atoms with Crippen LogP contribution < -0.4 is 10.8 Å². The summed E-state index contributed by atoms with van der Waals surface area (Å²) in [6.45, 7) is 3.90. The van der Waals surface area contributed by atoms with Crippen LogP contribution in [0.15, 0.2) is 42.5 Å². The molecule has 0 aliphatic heterocycles. The molecule has 5 nitrogen and oxygen atoms in total. The van der Waals surface area contributed by atoms with Crippen molar-refractivity contribution in [2.24, 2.45) is 5.92 Å². The van der Waals surface area contributed by atoms with Gasteiger partial charge in [0.25, 0.3) is 5.91 Å². The average Bonchev–Trinajstić information content (AvgIpc) is 2.70. The van der Waals surface area contributed by atoms with E-state index in [4.69, 9.17) is 5.21 Å². The highest BCUT2D eigenvalue weighted by atomic mass is 19.1. The molecule has 0 aliphatic rings. The lowest BCUT2D eigenvalue weighted by atomic mass is 9.91. The molecular formula is C22H27FN2O3. The van der Waals surface area contributed by atoms with E-state index in [9.17, 15) is 14.0 Å². The first-order valence-corrected chi connectivity index (χ1v) is 9.45. The van der Waals surface area contributed by atoms with Gasteiger partial charge in [-0.25, -0.2) is 9.87 Å². The van der Waals surface area contributed by atoms with E-state index in [2.05, 4.69) is 5.32 Å². The Hall–Kier alpha value is -2.73. The zero-order chi connectivity index (χ0) is 20.5. The van der Waals surface area contributed by atoms with Gasteiger partial charge >= 0.3 is 0 Å². The highest BCUT2D eigenvalue weighted by Gasteiger charge is 2.19. The van der Waals surface area contributed by atoms with Crippen molar-refractivity contribution >= 4 is 11.8 Å². The minimum absolute atomic E-state index is 0.123. The summed E-state index contributed by atoms with van der Waals surface area (Å²) in [7, 11) is 0. The van der Waals surface area contributed by atoms with Crippen molar-refractivity contribution in [1.82, 2.24) is 10.8 Å². The van der Waals surface area contributed by atoms with Crippen LogP contribution in [-0.2, 0) is 11.2 Å². The largest absolute Gasteiger partial charge is 0.352 e. The quantitative estimate of drug-likeness (QED) is 0.349. The standard InChI is InChI=1S/C22H27FN2O3/c1-15-12-17(13-16(2)20(15)23)14-19(22(27)25-28)10-6-7-11-24-21(26)18-8-4-3-5-9-18/h3-5,8-9,12-13,19,28H,6-7,10-11,14H2,1-2H3,(H,24,26)(H,25,27)/t19-/m0/s1. The normalized spacial score (nSPS) is 11.7. The summed E-state index contributed by atoms with van der Waals surface area (Å²) in [5, 5.41) is 11.9. The Labute approximate surface area is 164 Å². The molecule has 0 unspecified atom stereocenters. The van der Waals surface area contributed by atoms with Crippen molar-refractivity contribution in [3.63, 3.8) is 0 Å². The molecule has 0 fully saturated rings. The van der Waals surface area contributed by atoms with E-state index in [1.165, 1.54) is 0 Å². The molecule has 0 aliphatic carbocycles. The van der Waals surface area contributed by atoms with E-state index in [-0.39, 0.29) is 11.7 Å². The number of carbonyl (C=O) groups is 2. The molecular weight excluding hydrogens is 359 g/mol. The van der Waals surface area contributed by atoms with Crippen molar-refractivity contribution in [3.8, 4) is 0 Å². The fraction of sp³-hybridized carbons (Fsp3) is 0.364. The van der Waals surface area contributed by atoms with E-state index in [0.29, 0.717) is 42.5 Å². The van der Waals surface area contributed by atoms with Gasteiger partial charge in [-0.1, -0.05) is 36.8 Å². The topological polar surface area (TPSA) is 78.4 Å². The number of unbranched alkanes of at least 4 members (excludes halogenated alkanes) is 1. The fourth-order valence-electron chi connectivity index (χ4n) is 3.26. The SMILES string of the molecule is Cc1cc(C[C@H](CCCCNC(=O)c2ccccc2)C(=O)NO)cc(C)c1F. The zero-order valence-corrected chi connectivity index (χ0v) is 16.3. The molecule has 2 aromatic rings. The van der Waals surface area contributed by atoms with Crippen molar-refractivity contribution in [2.45, 2.75) is 39.5 Å². The summed E-state index contributed by atoms with van der Waals surface area (Å²) in [4.78, 5) is 24.0. The second-order valence-electron chi connectivity index (χ2n) is 7.04. The van der Waals surface area contributed by atoms with Gasteiger partial charge < -0.3 is 5.32 Å². The predicted octanol–water partition coefficient (Wildman–Crippen LogP) is 3.71. The summed E-state index contributed by atoms with van der Waals surface area (Å²) in [6, 6.07) is 12.5. The van der Waals surface area contributed by atoms with Crippen LogP contribution in [0, 0.1) is 25.6 Å². The van der Waals surface area contributed by atoms with Gasteiger partial charge in [0.15, 0.2) is 0 Å². The Bertz CT molecular complexity index is 786. The number of benzene rings is 2. The van der Waals surface area contributed by atoms with Gasteiger partial charge in [0.05, 0.1) is 0 Å². The summed E-state index contributed by atoms with van der Waals surface area (Å²) in [5.41, 5.74) is 4.29. The monoisotopic (exact) mass is 386 g/mol. The Morgan fingerprint density at radius 2 is 1.71 bits per heavy atom. The van der Waals surface area contributed by atoms with Crippen LogP contribution >= 0.6 is 0 Å². The Morgan fingerprint density at radius 3 is 2.32 bits per heavy atom. The number of aryl methyl sites for hydroxylation is 2. The van der Waals surface area contributed by atoms with Crippen LogP contribution in [0.2, 0.25) is 0 Å². The maximum Gasteiger partial charge on any atom is 0.251 e. The van der Waals surface area contributed by atoms with E-state index < -0.39 is 11.8 Å². The fourth-order valence-corrected chi connectivity index (χ4v) is 3.26. The van der Waals surface area contributed by atoms with Crippen LogP contribution in [0.25, 0.3) is 0 Å². The van der Waals surface area contributed by atoms with E-state index in [0.717, 1.165) is 12.0 Å². The van der Waals surface area contributed by atoms with E-state index >= 15 is 0 Å². The molecule has 3 N–H and O–H groups in total. The lowest BCUT2D eigenvalue weighted by molar-refractivity contribution is -0.133. The van der Waals surface area contributed by atoms with E-state index in [1.54, 1.807) is 43.6 Å². The molecule has 0 saturated carbocycles. The average molecular weight is 386 g/mol. The molecule has 150 valence electrons. The van der Waals surface area contributed by atoms with Gasteiger partial charge in [-0.2, -0.15) is 0 Å². The summed E-state index contributed by atoms with van der Waals surface area (Å²) in [5.74, 6) is -1.23. The number of hydroxylamine groups is 1. The Kier molecular flexibility index (Phi) is 8.14. The second-order valence-corrected chi connectivity index (χ2v) is 7.04. The number of nitrogens with one attached hydrogen (secondary N) is 2. The highest BCUT2D eigenvalue weighted by molar-refractivity contribution is 5.94. The smallest absolute Gasteiger partial charge is 0.251 e. The van der Waals surface area contributed by atoms with Crippen molar-refractivity contribution in [3.05, 3.63) is 70.5 Å². The number of hydrogen-bond donors (Lipinski definition) is 3. The van der Waals surface area contributed by atoms with Crippen LogP contribution in [0.5, 0.6) is 0 Å². The lowest BCUT2D eigenvalue weighted by Gasteiger charge is -2.16. The van der Waals surface area contributed by atoms with Crippen LogP contribution in [0.4, 0.5) is 4.39 Å². The van der Waals surface area contributed by atoms with Crippen LogP contribution in [0.1, 0.15) is 46.3 Å². The molecule has 0 aromatic heterocycles. The maximum absolute atomic E-state index is 13.8. The van der Waals surface area contributed by atoms with Crippen LogP contribution in [-0.4, -0.2) is 23.6 Å². The van der Waals surface area contributed by atoms with Crippen LogP contribution in [0.3, 0.4) is 0 Å². The predicted molar refractivity (Wildman–Crippen MR) is 106 cm³/mol. The van der Waals surface area contributed by atoms with Crippen molar-refractivity contribution < 1.29 is 19.2 Å². The molecule has 28 heavy (non-hydrogen) atoms. The number of rotatable bonds is 9. The number of amides is 2. The number of hydrogen-bond acceptors (Lipinski definition) is 3. The van der Waals surface area contributed by atoms with Crippen molar-refractivity contribution in [2.75, 3.05) is 6.54 Å². The van der Waals surface area contributed by atoms with Gasteiger partial charge in [-0.15, -0.1) is 0 Å². The molecule has 0 heterocycles. The second kappa shape index (κ2) is 10.6. The minimum atomic E-state index is -0.451. The molecule has 2 amide bonds. The summed E-state index contributed by atoms with van der Waals surface area (Å²) < 4.78 is 13.8. The maximum atomic E-state index is 13.8. The minimum Gasteiger partial charge on any atom is -0.352 e. The summed E-state index contributed by atoms with van der Waals surface area (Å²) >= 11 is 0. The zero-order valence-electron chi connectivity index (χ0n) is 16.3. The number of halogens is 1. The highest BCUT2D eigenvalue weighted by Crippen LogP contribution is 2.20. The van der Waals surface area contributed by atoms with Gasteiger partial charge in [0.1, 0.15) is 5.82 Å². The Morgan fingerprint density at radius 1 is 1.07 bits per heavy atom. The van der Waals surface area contributed by atoms with Crippen molar-refractivity contribution in [1.29, 1.82) is 0 Å². The third-order valence-corrected chi connectivity index (χ3v) is 4.76. The molecule has 0 spiro atoms. The molecule has 0 saturated heterocycles.